The Kier molecular flexibility index (Phi) is 8.25. The van der Waals surface area contributed by atoms with Crippen LogP contribution in [0.1, 0.15) is 32.4 Å². The molecule has 3 aromatic rings. The average molecular weight is 548 g/mol. The Morgan fingerprint density at radius 3 is 2.58 bits per heavy atom. The number of rotatable bonds is 8. The number of nitro benzene ring substituents is 1. The van der Waals surface area contributed by atoms with Gasteiger partial charge in [0.15, 0.2) is 0 Å². The summed E-state index contributed by atoms with van der Waals surface area (Å²) < 4.78 is 5.15. The van der Waals surface area contributed by atoms with E-state index in [-0.39, 0.29) is 36.9 Å². The summed E-state index contributed by atoms with van der Waals surface area (Å²) in [5.74, 6) is -0.654. The summed E-state index contributed by atoms with van der Waals surface area (Å²) in [6, 6.07) is 12.1. The lowest BCUT2D eigenvalue weighted by molar-refractivity contribution is -0.384. The number of hydrogen-bond donors (Lipinski definition) is 0. The molecule has 2 heterocycles. The summed E-state index contributed by atoms with van der Waals surface area (Å²) in [6.07, 6.45) is 0.703. The monoisotopic (exact) mass is 547 g/mol. The maximum absolute atomic E-state index is 13.7. The molecule has 0 bridgehead atoms. The minimum absolute atomic E-state index is 0.117. The molecule has 1 aromatic heterocycles. The second-order valence-corrected chi connectivity index (χ2v) is 10.1. The van der Waals surface area contributed by atoms with Crippen LogP contribution >= 0.6 is 34.5 Å². The van der Waals surface area contributed by atoms with Crippen LogP contribution in [0.25, 0.3) is 0 Å². The van der Waals surface area contributed by atoms with E-state index in [9.17, 15) is 19.7 Å². The van der Waals surface area contributed by atoms with E-state index in [2.05, 4.69) is 0 Å². The first-order valence-corrected chi connectivity index (χ1v) is 12.8. The molecule has 0 N–H and O–H groups in total. The van der Waals surface area contributed by atoms with E-state index in [4.69, 9.17) is 27.9 Å². The molecule has 1 atom stereocenters. The SMILES string of the molecule is COCCN(CC(=O)N1CCc2sccc2C1c1ccc(Cl)cc1Cl)C(=O)c1ccc([N+](=O)[O-])cc1. The molecule has 0 saturated heterocycles. The summed E-state index contributed by atoms with van der Waals surface area (Å²) in [4.78, 5) is 41.7. The van der Waals surface area contributed by atoms with Crippen molar-refractivity contribution in [2.75, 3.05) is 33.4 Å². The smallest absolute Gasteiger partial charge is 0.269 e. The number of halogens is 2. The van der Waals surface area contributed by atoms with Gasteiger partial charge in [-0.25, -0.2) is 0 Å². The Morgan fingerprint density at radius 1 is 1.17 bits per heavy atom. The largest absolute Gasteiger partial charge is 0.383 e. The van der Waals surface area contributed by atoms with Gasteiger partial charge < -0.3 is 14.5 Å². The number of carbonyl (C=O) groups is 2. The molecule has 1 aliphatic rings. The van der Waals surface area contributed by atoms with Crippen LogP contribution in [0.3, 0.4) is 0 Å². The first-order chi connectivity index (χ1) is 17.3. The summed E-state index contributed by atoms with van der Waals surface area (Å²) in [6.45, 7) is 0.704. The number of benzene rings is 2. The number of fused-ring (bicyclic) bond motifs is 1. The predicted molar refractivity (Wildman–Crippen MR) is 139 cm³/mol. The van der Waals surface area contributed by atoms with E-state index in [0.717, 1.165) is 11.1 Å². The highest BCUT2D eigenvalue weighted by molar-refractivity contribution is 7.10. The second-order valence-electron chi connectivity index (χ2n) is 8.23. The van der Waals surface area contributed by atoms with Crippen molar-refractivity contribution >= 4 is 52.0 Å². The zero-order valence-corrected chi connectivity index (χ0v) is 21.7. The van der Waals surface area contributed by atoms with E-state index < -0.39 is 16.9 Å². The standard InChI is InChI=1S/C25H23Cl2N3O5S/c1-35-12-11-28(25(32)16-2-5-18(6-3-16)30(33)34)15-23(31)29-10-8-22-20(9-13-36-22)24(29)19-7-4-17(26)14-21(19)27/h2-7,9,13-14,24H,8,10-12,15H2,1H3. The van der Waals surface area contributed by atoms with Crippen molar-refractivity contribution in [1.29, 1.82) is 0 Å². The Labute approximate surface area is 222 Å². The van der Waals surface area contributed by atoms with E-state index in [0.29, 0.717) is 23.0 Å². The van der Waals surface area contributed by atoms with Gasteiger partial charge in [-0.15, -0.1) is 11.3 Å². The maximum atomic E-state index is 13.7. The van der Waals surface area contributed by atoms with E-state index in [1.165, 1.54) is 41.2 Å². The summed E-state index contributed by atoms with van der Waals surface area (Å²) in [5.41, 5.74) is 1.90. The van der Waals surface area contributed by atoms with E-state index >= 15 is 0 Å². The van der Waals surface area contributed by atoms with Crippen molar-refractivity contribution in [3.8, 4) is 0 Å². The van der Waals surface area contributed by atoms with Crippen LogP contribution in [0, 0.1) is 10.1 Å². The van der Waals surface area contributed by atoms with Crippen LogP contribution < -0.4 is 0 Å². The molecule has 2 amide bonds. The molecule has 0 aliphatic carbocycles. The third-order valence-corrected chi connectivity index (χ3v) is 7.61. The lowest BCUT2D eigenvalue weighted by atomic mass is 9.93. The van der Waals surface area contributed by atoms with E-state index in [1.54, 1.807) is 28.4 Å². The number of thiophene rings is 1. The van der Waals surface area contributed by atoms with Gasteiger partial charge in [-0.05, 0) is 53.3 Å². The number of carbonyl (C=O) groups excluding carboxylic acids is 2. The molecular formula is C25H23Cl2N3O5S. The van der Waals surface area contributed by atoms with Crippen molar-refractivity contribution in [2.24, 2.45) is 0 Å². The lowest BCUT2D eigenvalue weighted by Gasteiger charge is -2.38. The predicted octanol–water partition coefficient (Wildman–Crippen LogP) is 5.23. The Balaban J connectivity index is 1.62. The van der Waals surface area contributed by atoms with Crippen LogP contribution in [0.15, 0.2) is 53.9 Å². The first kappa shape index (κ1) is 26.1. The highest BCUT2D eigenvalue weighted by Gasteiger charge is 2.35. The highest BCUT2D eigenvalue weighted by Crippen LogP contribution is 2.41. The summed E-state index contributed by atoms with van der Waals surface area (Å²) in [7, 11) is 1.51. The number of methoxy groups -OCH3 is 1. The number of nitro groups is 1. The summed E-state index contributed by atoms with van der Waals surface area (Å²) in [5, 5.41) is 13.9. The van der Waals surface area contributed by atoms with Crippen LogP contribution in [0.5, 0.6) is 0 Å². The molecule has 0 radical (unpaired) electrons. The Hall–Kier alpha value is -2.98. The molecule has 11 heteroatoms. The zero-order chi connectivity index (χ0) is 25.8. The minimum atomic E-state index is -0.530. The molecule has 0 saturated carbocycles. The van der Waals surface area contributed by atoms with Crippen molar-refractivity contribution in [3.63, 3.8) is 0 Å². The maximum Gasteiger partial charge on any atom is 0.269 e. The van der Waals surface area contributed by atoms with Crippen LogP contribution in [-0.2, 0) is 16.0 Å². The fraction of sp³-hybridized carbons (Fsp3) is 0.280. The van der Waals surface area contributed by atoms with Crippen molar-refractivity contribution < 1.29 is 19.2 Å². The topological polar surface area (TPSA) is 93.0 Å². The van der Waals surface area contributed by atoms with Gasteiger partial charge in [0.05, 0.1) is 17.6 Å². The van der Waals surface area contributed by atoms with Gasteiger partial charge in [0, 0.05) is 52.8 Å². The molecule has 2 aromatic carbocycles. The molecule has 8 nitrogen and oxygen atoms in total. The number of ether oxygens (including phenoxy) is 1. The third-order valence-electron chi connectivity index (χ3n) is 6.05. The molecule has 0 spiro atoms. The quantitative estimate of drug-likeness (QED) is 0.284. The molecule has 4 rings (SSSR count). The summed E-state index contributed by atoms with van der Waals surface area (Å²) >= 11 is 14.3. The Morgan fingerprint density at radius 2 is 1.92 bits per heavy atom. The first-order valence-electron chi connectivity index (χ1n) is 11.1. The van der Waals surface area contributed by atoms with Crippen LogP contribution in [-0.4, -0.2) is 59.9 Å². The van der Waals surface area contributed by atoms with Crippen LogP contribution in [0.2, 0.25) is 10.0 Å². The normalized spacial score (nSPS) is 14.9. The van der Waals surface area contributed by atoms with Gasteiger partial charge in [0.25, 0.3) is 11.6 Å². The molecular weight excluding hydrogens is 525 g/mol. The highest BCUT2D eigenvalue weighted by atomic mass is 35.5. The fourth-order valence-corrected chi connectivity index (χ4v) is 5.68. The Bertz CT molecular complexity index is 1280. The number of amides is 2. The van der Waals surface area contributed by atoms with Crippen molar-refractivity contribution in [3.05, 3.63) is 95.6 Å². The molecule has 1 unspecified atom stereocenters. The molecule has 36 heavy (non-hydrogen) atoms. The van der Waals surface area contributed by atoms with Gasteiger partial charge in [-0.3, -0.25) is 19.7 Å². The van der Waals surface area contributed by atoms with Gasteiger partial charge in [0.2, 0.25) is 5.91 Å². The van der Waals surface area contributed by atoms with Crippen molar-refractivity contribution in [1.82, 2.24) is 9.80 Å². The van der Waals surface area contributed by atoms with Gasteiger partial charge in [-0.1, -0.05) is 29.3 Å². The third kappa shape index (κ3) is 5.54. The molecule has 1 aliphatic heterocycles. The average Bonchev–Trinajstić information content (AvgIpc) is 3.35. The zero-order valence-electron chi connectivity index (χ0n) is 19.4. The molecule has 0 fully saturated rings. The lowest BCUT2D eigenvalue weighted by Crippen LogP contribution is -2.47. The van der Waals surface area contributed by atoms with Crippen LogP contribution in [0.4, 0.5) is 5.69 Å². The second kappa shape index (κ2) is 11.4. The van der Waals surface area contributed by atoms with Gasteiger partial charge >= 0.3 is 0 Å². The molecule has 188 valence electrons. The van der Waals surface area contributed by atoms with Gasteiger partial charge in [0.1, 0.15) is 6.54 Å². The number of hydrogen-bond acceptors (Lipinski definition) is 6. The number of nitrogens with zero attached hydrogens (tertiary/aromatic N) is 3. The minimum Gasteiger partial charge on any atom is -0.383 e. The van der Waals surface area contributed by atoms with E-state index in [1.807, 2.05) is 17.5 Å². The fourth-order valence-electron chi connectivity index (χ4n) is 4.26. The van der Waals surface area contributed by atoms with Gasteiger partial charge in [-0.2, -0.15) is 0 Å². The van der Waals surface area contributed by atoms with Crippen molar-refractivity contribution in [2.45, 2.75) is 12.5 Å². The number of non-ortho nitro benzene ring substituents is 1.